The zero-order valence-electron chi connectivity index (χ0n) is 9.53. The third kappa shape index (κ3) is 3.12. The molecule has 0 radical (unpaired) electrons. The number of rotatable bonds is 3. The van der Waals surface area contributed by atoms with Crippen molar-refractivity contribution in [1.29, 1.82) is 0 Å². The van der Waals surface area contributed by atoms with Crippen molar-refractivity contribution in [2.45, 2.75) is 26.0 Å². The van der Waals surface area contributed by atoms with Gasteiger partial charge in [0, 0.05) is 0 Å². The zero-order chi connectivity index (χ0) is 11.0. The minimum absolute atomic E-state index is 0.376. The lowest BCUT2D eigenvalue weighted by Gasteiger charge is -2.22. The topological polar surface area (TPSA) is 46.3 Å². The summed E-state index contributed by atoms with van der Waals surface area (Å²) in [6, 6.07) is 0. The largest absolute Gasteiger partial charge is 0.437 e. The molecule has 80 valence electrons. The SMILES string of the molecule is CC(C)(O)c1ncc(C[N+](C)(C)C)o1. The van der Waals surface area contributed by atoms with E-state index < -0.39 is 5.60 Å². The molecule has 0 aliphatic rings. The molecule has 1 N–H and O–H groups in total. The molecular formula is C10H19N2O2+. The van der Waals surface area contributed by atoms with Gasteiger partial charge in [-0.3, -0.25) is 0 Å². The van der Waals surface area contributed by atoms with E-state index >= 15 is 0 Å². The second-order valence-corrected chi connectivity index (χ2v) is 5.14. The number of hydrogen-bond donors (Lipinski definition) is 1. The van der Waals surface area contributed by atoms with Gasteiger partial charge in [-0.2, -0.15) is 0 Å². The van der Waals surface area contributed by atoms with E-state index in [1.807, 2.05) is 0 Å². The van der Waals surface area contributed by atoms with Crippen LogP contribution in [0.5, 0.6) is 0 Å². The standard InChI is InChI=1S/C10H19N2O2/c1-10(2,13)9-11-6-8(14-9)7-12(3,4)5/h6,13H,7H2,1-5H3/q+1. The van der Waals surface area contributed by atoms with Gasteiger partial charge in [0.25, 0.3) is 0 Å². The second-order valence-electron chi connectivity index (χ2n) is 5.14. The van der Waals surface area contributed by atoms with E-state index in [2.05, 4.69) is 26.1 Å². The molecule has 0 unspecified atom stereocenters. The first-order valence-electron chi connectivity index (χ1n) is 4.66. The minimum atomic E-state index is -0.997. The van der Waals surface area contributed by atoms with Crippen molar-refractivity contribution in [2.75, 3.05) is 21.1 Å². The first kappa shape index (κ1) is 11.2. The number of nitrogens with zero attached hydrogens (tertiary/aromatic N) is 2. The van der Waals surface area contributed by atoms with E-state index in [-0.39, 0.29) is 0 Å². The van der Waals surface area contributed by atoms with Crippen molar-refractivity contribution in [3.05, 3.63) is 17.8 Å². The molecule has 0 aromatic carbocycles. The van der Waals surface area contributed by atoms with Gasteiger partial charge < -0.3 is 14.0 Å². The monoisotopic (exact) mass is 199 g/mol. The summed E-state index contributed by atoms with van der Waals surface area (Å²) in [5.74, 6) is 1.18. The fraction of sp³-hybridized carbons (Fsp3) is 0.700. The average Bonchev–Trinajstić information content (AvgIpc) is 2.29. The Morgan fingerprint density at radius 2 is 2.00 bits per heavy atom. The maximum atomic E-state index is 9.64. The van der Waals surface area contributed by atoms with Gasteiger partial charge in [-0.05, 0) is 13.8 Å². The summed E-state index contributed by atoms with van der Waals surface area (Å²) in [4.78, 5) is 4.04. The lowest BCUT2D eigenvalue weighted by Crippen LogP contribution is -2.33. The number of aromatic nitrogens is 1. The summed E-state index contributed by atoms with van der Waals surface area (Å²) < 4.78 is 6.23. The van der Waals surface area contributed by atoms with Crippen molar-refractivity contribution in [3.63, 3.8) is 0 Å². The summed E-state index contributed by atoms with van der Waals surface area (Å²) in [7, 11) is 6.23. The third-order valence-electron chi connectivity index (χ3n) is 1.71. The Bertz CT molecular complexity index is 305. The van der Waals surface area contributed by atoms with Crippen LogP contribution in [-0.2, 0) is 12.1 Å². The molecule has 1 heterocycles. The van der Waals surface area contributed by atoms with Crippen LogP contribution in [0.1, 0.15) is 25.5 Å². The van der Waals surface area contributed by atoms with Gasteiger partial charge in [0.1, 0.15) is 12.1 Å². The molecule has 0 bridgehead atoms. The predicted octanol–water partition coefficient (Wildman–Crippen LogP) is 1.11. The van der Waals surface area contributed by atoms with E-state index in [0.717, 1.165) is 16.8 Å². The summed E-state index contributed by atoms with van der Waals surface area (Å²) in [5, 5.41) is 9.64. The van der Waals surface area contributed by atoms with E-state index in [9.17, 15) is 5.11 Å². The molecule has 1 aromatic rings. The summed E-state index contributed by atoms with van der Waals surface area (Å²) in [6.45, 7) is 4.09. The summed E-state index contributed by atoms with van der Waals surface area (Å²) >= 11 is 0. The molecule has 0 spiro atoms. The molecule has 0 saturated heterocycles. The number of oxazole rings is 1. The van der Waals surface area contributed by atoms with Gasteiger partial charge >= 0.3 is 0 Å². The highest BCUT2D eigenvalue weighted by Crippen LogP contribution is 2.20. The second kappa shape index (κ2) is 3.37. The van der Waals surface area contributed by atoms with Crippen molar-refractivity contribution in [3.8, 4) is 0 Å². The van der Waals surface area contributed by atoms with Crippen LogP contribution < -0.4 is 0 Å². The Balaban J connectivity index is 2.79. The molecule has 4 nitrogen and oxygen atoms in total. The smallest absolute Gasteiger partial charge is 0.226 e. The first-order valence-corrected chi connectivity index (χ1v) is 4.66. The fourth-order valence-corrected chi connectivity index (χ4v) is 1.13. The number of quaternary nitrogens is 1. The zero-order valence-corrected chi connectivity index (χ0v) is 9.53. The van der Waals surface area contributed by atoms with E-state index in [0.29, 0.717) is 5.89 Å². The van der Waals surface area contributed by atoms with Crippen LogP contribution in [0.3, 0.4) is 0 Å². The Kier molecular flexibility index (Phi) is 2.69. The van der Waals surface area contributed by atoms with Crippen molar-refractivity contribution in [2.24, 2.45) is 0 Å². The van der Waals surface area contributed by atoms with Crippen molar-refractivity contribution < 1.29 is 14.0 Å². The van der Waals surface area contributed by atoms with Gasteiger partial charge in [0.2, 0.25) is 5.89 Å². The molecule has 0 fully saturated rings. The molecule has 0 amide bonds. The molecule has 1 aromatic heterocycles. The van der Waals surface area contributed by atoms with Gasteiger partial charge in [-0.25, -0.2) is 4.98 Å². The third-order valence-corrected chi connectivity index (χ3v) is 1.71. The Morgan fingerprint density at radius 1 is 1.43 bits per heavy atom. The Hall–Kier alpha value is -0.870. The van der Waals surface area contributed by atoms with Gasteiger partial charge in [0.15, 0.2) is 5.76 Å². The van der Waals surface area contributed by atoms with Crippen LogP contribution in [0, 0.1) is 0 Å². The van der Waals surface area contributed by atoms with Crippen LogP contribution in [0.25, 0.3) is 0 Å². The molecule has 4 heteroatoms. The number of aliphatic hydroxyl groups is 1. The highest BCUT2D eigenvalue weighted by Gasteiger charge is 2.23. The quantitative estimate of drug-likeness (QED) is 0.742. The lowest BCUT2D eigenvalue weighted by atomic mass is 10.1. The van der Waals surface area contributed by atoms with Crippen LogP contribution >= 0.6 is 0 Å². The average molecular weight is 199 g/mol. The van der Waals surface area contributed by atoms with Crippen LogP contribution in [0.4, 0.5) is 0 Å². The lowest BCUT2D eigenvalue weighted by molar-refractivity contribution is -0.884. The van der Waals surface area contributed by atoms with Gasteiger partial charge in [-0.1, -0.05) is 0 Å². The van der Waals surface area contributed by atoms with Crippen molar-refractivity contribution in [1.82, 2.24) is 4.98 Å². The van der Waals surface area contributed by atoms with Crippen LogP contribution in [0.2, 0.25) is 0 Å². The Morgan fingerprint density at radius 3 is 2.36 bits per heavy atom. The van der Waals surface area contributed by atoms with Gasteiger partial charge in [0.05, 0.1) is 27.3 Å². The minimum Gasteiger partial charge on any atom is -0.437 e. The van der Waals surface area contributed by atoms with Crippen LogP contribution in [-0.4, -0.2) is 35.7 Å². The number of hydrogen-bond acceptors (Lipinski definition) is 3. The molecule has 0 aliphatic heterocycles. The maximum absolute atomic E-state index is 9.64. The maximum Gasteiger partial charge on any atom is 0.226 e. The van der Waals surface area contributed by atoms with Crippen molar-refractivity contribution >= 4 is 0 Å². The molecular weight excluding hydrogens is 180 g/mol. The molecule has 0 aliphatic carbocycles. The molecule has 14 heavy (non-hydrogen) atoms. The van der Waals surface area contributed by atoms with E-state index in [4.69, 9.17) is 4.42 Å². The molecule has 0 saturated carbocycles. The highest BCUT2D eigenvalue weighted by molar-refractivity contribution is 4.98. The predicted molar refractivity (Wildman–Crippen MR) is 53.5 cm³/mol. The summed E-state index contributed by atoms with van der Waals surface area (Å²) in [5.41, 5.74) is -0.997. The first-order chi connectivity index (χ1) is 6.18. The molecule has 1 rings (SSSR count). The Labute approximate surface area is 84.8 Å². The summed E-state index contributed by atoms with van der Waals surface area (Å²) in [6.07, 6.45) is 1.68. The van der Waals surface area contributed by atoms with E-state index in [1.165, 1.54) is 0 Å². The normalized spacial score (nSPS) is 13.3. The fourth-order valence-electron chi connectivity index (χ4n) is 1.13. The molecule has 0 atom stereocenters. The van der Waals surface area contributed by atoms with Crippen LogP contribution in [0.15, 0.2) is 10.6 Å². The van der Waals surface area contributed by atoms with Gasteiger partial charge in [-0.15, -0.1) is 0 Å². The van der Waals surface area contributed by atoms with E-state index in [1.54, 1.807) is 20.0 Å². The highest BCUT2D eigenvalue weighted by atomic mass is 16.4.